The lowest BCUT2D eigenvalue weighted by Crippen LogP contribution is -2.37. The number of hydrogen-bond acceptors (Lipinski definition) is 8. The van der Waals surface area contributed by atoms with E-state index in [1.807, 2.05) is 21.1 Å². The van der Waals surface area contributed by atoms with Crippen molar-refractivity contribution < 1.29 is 42.1 Å². The number of phosphoric acid groups is 1. The maximum absolute atomic E-state index is 12.8. The minimum absolute atomic E-state index is 0.0364. The van der Waals surface area contributed by atoms with Crippen molar-refractivity contribution in [3.63, 3.8) is 0 Å². The Labute approximate surface area is 467 Å². The molecule has 0 aromatic heterocycles. The Morgan fingerprint density at radius 3 is 1.05 bits per heavy atom. The molecule has 10 heteroatoms. The van der Waals surface area contributed by atoms with Crippen molar-refractivity contribution in [2.24, 2.45) is 0 Å². The third-order valence-electron chi connectivity index (χ3n) is 12.8. The smallest absolute Gasteiger partial charge is 0.306 e. The molecule has 0 N–H and O–H groups in total. The van der Waals surface area contributed by atoms with E-state index in [2.05, 4.69) is 123 Å². The van der Waals surface area contributed by atoms with Crippen molar-refractivity contribution in [2.75, 3.05) is 47.5 Å². The van der Waals surface area contributed by atoms with Crippen LogP contribution in [0, 0.1) is 0 Å². The average molecular weight is 1080 g/mol. The molecule has 0 aromatic rings. The van der Waals surface area contributed by atoms with Gasteiger partial charge in [-0.2, -0.15) is 0 Å². The summed E-state index contributed by atoms with van der Waals surface area (Å²) >= 11 is 0. The van der Waals surface area contributed by atoms with E-state index in [1.54, 1.807) is 0 Å². The third kappa shape index (κ3) is 59.9. The molecule has 9 nitrogen and oxygen atoms in total. The molecule has 0 heterocycles. The zero-order chi connectivity index (χ0) is 55.6. The number of esters is 2. The van der Waals surface area contributed by atoms with Gasteiger partial charge in [0, 0.05) is 12.8 Å². The molecule has 0 rings (SSSR count). The molecule has 0 aromatic carbocycles. The second kappa shape index (κ2) is 56.4. The van der Waals surface area contributed by atoms with E-state index in [0.29, 0.717) is 17.4 Å². The molecular weight excluding hydrogens is 966 g/mol. The maximum atomic E-state index is 12.8. The molecule has 0 aliphatic carbocycles. The van der Waals surface area contributed by atoms with Gasteiger partial charge in [-0.25, -0.2) is 0 Å². The first-order chi connectivity index (χ1) is 37.0. The van der Waals surface area contributed by atoms with E-state index in [-0.39, 0.29) is 32.0 Å². The lowest BCUT2D eigenvalue weighted by atomic mass is 10.0. The first-order valence-corrected chi connectivity index (χ1v) is 32.1. The molecule has 0 saturated heterocycles. The molecule has 0 amide bonds. The molecule has 0 radical (unpaired) electrons. The van der Waals surface area contributed by atoms with Crippen LogP contribution >= 0.6 is 7.82 Å². The molecular formula is C66H114NO8P. The Balaban J connectivity index is 4.16. The van der Waals surface area contributed by atoms with Gasteiger partial charge in [0.2, 0.25) is 0 Å². The third-order valence-corrected chi connectivity index (χ3v) is 13.8. The molecule has 436 valence electrons. The standard InChI is InChI=1S/C66H114NO8P/c1-6-8-10-12-14-16-18-20-22-24-26-28-30-32-33-35-37-39-41-43-45-47-49-51-53-55-57-59-66(69)75-64(63-74-76(70,71)73-61-60-67(3,4)5)62-72-65(68)58-56-54-52-50-48-46-44-42-40-38-36-34-31-29-27-25-23-21-19-17-15-13-11-9-7-2/h8-11,14-17,20-23,26-29,32-33,64H,6-7,12-13,18-19,24-25,30-31,34-63H2,1-5H3/b10-8-,11-9-,16-14-,17-15-,22-20-,23-21-,28-26-,29-27-,33-32-. The molecule has 0 saturated carbocycles. The summed E-state index contributed by atoms with van der Waals surface area (Å²) in [6.07, 6.45) is 78.5. The molecule has 2 atom stereocenters. The summed E-state index contributed by atoms with van der Waals surface area (Å²) in [5, 5.41) is 0. The molecule has 76 heavy (non-hydrogen) atoms. The normalized spacial score (nSPS) is 14.0. The highest BCUT2D eigenvalue weighted by Crippen LogP contribution is 2.38. The maximum Gasteiger partial charge on any atom is 0.306 e. The van der Waals surface area contributed by atoms with Gasteiger partial charge in [0.25, 0.3) is 7.82 Å². The van der Waals surface area contributed by atoms with E-state index in [1.165, 1.54) is 109 Å². The minimum Gasteiger partial charge on any atom is -0.756 e. The first kappa shape index (κ1) is 72.7. The van der Waals surface area contributed by atoms with E-state index in [4.69, 9.17) is 18.5 Å². The van der Waals surface area contributed by atoms with Gasteiger partial charge < -0.3 is 27.9 Å². The lowest BCUT2D eigenvalue weighted by Gasteiger charge is -2.28. The van der Waals surface area contributed by atoms with Gasteiger partial charge >= 0.3 is 11.9 Å². The molecule has 0 fully saturated rings. The van der Waals surface area contributed by atoms with Crippen LogP contribution in [0.3, 0.4) is 0 Å². The van der Waals surface area contributed by atoms with Crippen LogP contribution in [0.2, 0.25) is 0 Å². The minimum atomic E-state index is -4.65. The Morgan fingerprint density at radius 1 is 0.408 bits per heavy atom. The summed E-state index contributed by atoms with van der Waals surface area (Å²) in [4.78, 5) is 38.0. The monoisotopic (exact) mass is 1080 g/mol. The zero-order valence-corrected chi connectivity index (χ0v) is 50.3. The highest BCUT2D eigenvalue weighted by molar-refractivity contribution is 7.45. The van der Waals surface area contributed by atoms with Gasteiger partial charge in [0.1, 0.15) is 19.8 Å². The topological polar surface area (TPSA) is 111 Å². The van der Waals surface area contributed by atoms with Crippen LogP contribution in [0.1, 0.15) is 245 Å². The van der Waals surface area contributed by atoms with Crippen LogP contribution in [0.25, 0.3) is 0 Å². The number of quaternary nitrogens is 1. The second-order valence-corrected chi connectivity index (χ2v) is 22.7. The number of unbranched alkanes of at least 4 members (excludes halogenated alkanes) is 23. The fraction of sp³-hybridized carbons (Fsp3) is 0.697. The van der Waals surface area contributed by atoms with Gasteiger partial charge in [-0.05, 0) is 96.3 Å². The number of nitrogens with zero attached hydrogens (tertiary/aromatic N) is 1. The van der Waals surface area contributed by atoms with Crippen LogP contribution in [0.15, 0.2) is 109 Å². The van der Waals surface area contributed by atoms with Crippen LogP contribution < -0.4 is 4.89 Å². The largest absolute Gasteiger partial charge is 0.756 e. The Kier molecular flexibility index (Phi) is 53.9. The van der Waals surface area contributed by atoms with Crippen molar-refractivity contribution in [3.05, 3.63) is 109 Å². The fourth-order valence-electron chi connectivity index (χ4n) is 8.15. The number of carbonyl (C=O) groups is 2. The molecule has 0 aliphatic rings. The van der Waals surface area contributed by atoms with Gasteiger partial charge in [-0.1, -0.05) is 245 Å². The summed E-state index contributed by atoms with van der Waals surface area (Å²) in [6.45, 7) is 4.01. The number of ether oxygens (including phenoxy) is 2. The van der Waals surface area contributed by atoms with Crippen LogP contribution in [-0.4, -0.2) is 70.0 Å². The van der Waals surface area contributed by atoms with Gasteiger partial charge in [0.05, 0.1) is 27.7 Å². The summed E-state index contributed by atoms with van der Waals surface area (Å²) in [7, 11) is 1.15. The number of likely N-dealkylation sites (N-methyl/N-ethyl adjacent to an activating group) is 1. The van der Waals surface area contributed by atoms with Crippen molar-refractivity contribution in [2.45, 2.75) is 251 Å². The van der Waals surface area contributed by atoms with E-state index in [0.717, 1.165) is 103 Å². The molecule has 2 unspecified atom stereocenters. The SMILES string of the molecule is CC/C=C\C/C=C\C/C=C\C/C=C\C/C=C\CCCCCCCCCCCCCC(=O)OC(COC(=O)CCCCCCCCCCCCCC/C=C\C/C=C\C/C=C\C/C=C\CC)COP(=O)([O-])OCC[N+](C)(C)C. The quantitative estimate of drug-likeness (QED) is 0.0195. The zero-order valence-electron chi connectivity index (χ0n) is 49.4. The van der Waals surface area contributed by atoms with Crippen LogP contribution in [0.4, 0.5) is 0 Å². The highest BCUT2D eigenvalue weighted by Gasteiger charge is 2.22. The van der Waals surface area contributed by atoms with Crippen LogP contribution in [0.5, 0.6) is 0 Å². The highest BCUT2D eigenvalue weighted by atomic mass is 31.2. The number of carbonyl (C=O) groups excluding carboxylic acids is 2. The molecule has 0 aliphatic heterocycles. The molecule has 0 bridgehead atoms. The van der Waals surface area contributed by atoms with Crippen molar-refractivity contribution >= 4 is 19.8 Å². The predicted octanol–water partition coefficient (Wildman–Crippen LogP) is 18.7. The Hall–Kier alpha value is -3.33. The van der Waals surface area contributed by atoms with Crippen molar-refractivity contribution in [3.8, 4) is 0 Å². The van der Waals surface area contributed by atoms with Crippen molar-refractivity contribution in [1.82, 2.24) is 0 Å². The summed E-state index contributed by atoms with van der Waals surface area (Å²) in [5.74, 6) is -0.840. The predicted molar refractivity (Wildman–Crippen MR) is 323 cm³/mol. The average Bonchev–Trinajstić information content (AvgIpc) is 3.38. The van der Waals surface area contributed by atoms with Crippen LogP contribution in [-0.2, 0) is 32.7 Å². The van der Waals surface area contributed by atoms with E-state index < -0.39 is 26.5 Å². The van der Waals surface area contributed by atoms with Gasteiger partial charge in [0.15, 0.2) is 6.10 Å². The van der Waals surface area contributed by atoms with Gasteiger partial charge in [-0.15, -0.1) is 0 Å². The number of allylic oxidation sites excluding steroid dienone is 18. The summed E-state index contributed by atoms with van der Waals surface area (Å²) in [5.41, 5.74) is 0. The second-order valence-electron chi connectivity index (χ2n) is 21.3. The molecule has 0 spiro atoms. The van der Waals surface area contributed by atoms with E-state index in [9.17, 15) is 19.0 Å². The fourth-order valence-corrected chi connectivity index (χ4v) is 8.87. The lowest BCUT2D eigenvalue weighted by molar-refractivity contribution is -0.870. The van der Waals surface area contributed by atoms with Gasteiger partial charge in [-0.3, -0.25) is 14.2 Å². The number of hydrogen-bond donors (Lipinski definition) is 0. The summed E-state index contributed by atoms with van der Waals surface area (Å²) in [6, 6.07) is 0. The summed E-state index contributed by atoms with van der Waals surface area (Å²) < 4.78 is 34.2. The van der Waals surface area contributed by atoms with E-state index >= 15 is 0 Å². The Morgan fingerprint density at radius 2 is 0.711 bits per heavy atom. The Bertz CT molecular complexity index is 1650. The number of rotatable bonds is 55. The van der Waals surface area contributed by atoms with Crippen molar-refractivity contribution in [1.29, 1.82) is 0 Å². The number of phosphoric ester groups is 1. The first-order valence-electron chi connectivity index (χ1n) is 30.6.